The Hall–Kier alpha value is -1.11. The Morgan fingerprint density at radius 3 is 2.41 bits per heavy atom. The predicted molar refractivity (Wildman–Crippen MR) is 121 cm³/mol. The molecule has 3 nitrogen and oxygen atoms in total. The van der Waals surface area contributed by atoms with Gasteiger partial charge in [0.05, 0.1) is 7.11 Å². The van der Waals surface area contributed by atoms with Gasteiger partial charge in [0.1, 0.15) is 11.6 Å². The van der Waals surface area contributed by atoms with Crippen LogP contribution in [0, 0.1) is 5.92 Å². The second kappa shape index (κ2) is 9.39. The Bertz CT molecular complexity index is 803. The molecular weight excluding hydrogens is 490 g/mol. The maximum atomic E-state index is 6.00. The highest BCUT2D eigenvalue weighted by Gasteiger charge is 2.22. The monoisotopic (exact) mass is 511 g/mol. The Morgan fingerprint density at radius 2 is 1.78 bits per heavy atom. The molecule has 0 aliphatic carbocycles. The molecule has 3 rings (SSSR count). The van der Waals surface area contributed by atoms with Crippen molar-refractivity contribution in [1.82, 2.24) is 4.90 Å². The lowest BCUT2D eigenvalue weighted by atomic mass is 9.99. The van der Waals surface area contributed by atoms with Crippen LogP contribution in [0.1, 0.15) is 30.9 Å². The Balaban J connectivity index is 1.76. The Morgan fingerprint density at radius 1 is 1.11 bits per heavy atom. The summed E-state index contributed by atoms with van der Waals surface area (Å²) in [4.78, 5) is 3.16. The van der Waals surface area contributed by atoms with Crippen molar-refractivity contribution < 1.29 is 9.47 Å². The summed E-state index contributed by atoms with van der Waals surface area (Å²) in [5.41, 5.74) is 2.07. The molecule has 1 aliphatic rings. The number of likely N-dealkylation sites (tertiary alicyclic amines) is 1. The molecule has 2 aromatic rings. The summed E-state index contributed by atoms with van der Waals surface area (Å²) in [6, 6.07) is 12.0. The molecule has 0 spiro atoms. The molecule has 6 heteroatoms. The number of hydrogen-bond acceptors (Lipinski definition) is 3. The molecule has 0 radical (unpaired) electrons. The summed E-state index contributed by atoms with van der Waals surface area (Å²) in [5.74, 6) is 2.17. The third-order valence-electron chi connectivity index (χ3n) is 4.86. The highest BCUT2D eigenvalue weighted by molar-refractivity contribution is 9.10. The van der Waals surface area contributed by atoms with Crippen LogP contribution in [0.2, 0.25) is 0 Å². The van der Waals surface area contributed by atoms with E-state index in [-0.39, 0.29) is 0 Å². The first kappa shape index (κ1) is 20.6. The fourth-order valence-corrected chi connectivity index (χ4v) is 4.35. The van der Waals surface area contributed by atoms with E-state index in [1.165, 1.54) is 12.8 Å². The molecule has 1 saturated heterocycles. The average molecular weight is 513 g/mol. The number of methoxy groups -OCH3 is 1. The Labute approximate surface area is 183 Å². The average Bonchev–Trinajstić information content (AvgIpc) is 2.67. The molecule has 1 aliphatic heterocycles. The van der Waals surface area contributed by atoms with Gasteiger partial charge in [0.2, 0.25) is 0 Å². The summed E-state index contributed by atoms with van der Waals surface area (Å²) in [6.45, 7) is 4.80. The van der Waals surface area contributed by atoms with E-state index < -0.39 is 0 Å². The molecular formula is C21H23Br2NO2S. The first-order chi connectivity index (χ1) is 13.0. The SMILES string of the molecule is COc1cc(C(=S)N2CCC(C)CC2)c(Br)cc1OCc1ccc(Br)cc1. The van der Waals surface area contributed by atoms with Gasteiger partial charge in [0.25, 0.3) is 0 Å². The number of nitrogens with zero attached hydrogens (tertiary/aromatic N) is 1. The van der Waals surface area contributed by atoms with Crippen LogP contribution in [-0.4, -0.2) is 30.1 Å². The van der Waals surface area contributed by atoms with Gasteiger partial charge in [0, 0.05) is 27.6 Å². The first-order valence-electron chi connectivity index (χ1n) is 9.02. The topological polar surface area (TPSA) is 21.7 Å². The van der Waals surface area contributed by atoms with E-state index >= 15 is 0 Å². The summed E-state index contributed by atoms with van der Waals surface area (Å²) in [5, 5.41) is 0. The fourth-order valence-electron chi connectivity index (χ4n) is 3.10. The molecule has 0 N–H and O–H groups in total. The van der Waals surface area contributed by atoms with E-state index in [0.717, 1.165) is 44.1 Å². The summed E-state index contributed by atoms with van der Waals surface area (Å²) in [7, 11) is 1.66. The van der Waals surface area contributed by atoms with Crippen LogP contribution < -0.4 is 9.47 Å². The second-order valence-electron chi connectivity index (χ2n) is 6.87. The van der Waals surface area contributed by atoms with Crippen molar-refractivity contribution in [3.05, 3.63) is 56.5 Å². The van der Waals surface area contributed by atoms with Crippen LogP contribution in [0.25, 0.3) is 0 Å². The van der Waals surface area contributed by atoms with Crippen LogP contribution in [0.5, 0.6) is 11.5 Å². The molecule has 0 bridgehead atoms. The van der Waals surface area contributed by atoms with Gasteiger partial charge in [-0.05, 0) is 64.5 Å². The van der Waals surface area contributed by atoms with Crippen molar-refractivity contribution in [1.29, 1.82) is 0 Å². The van der Waals surface area contributed by atoms with Gasteiger partial charge in [-0.3, -0.25) is 0 Å². The standard InChI is InChI=1S/C21H23Br2NO2S/c1-14-7-9-24(10-8-14)21(27)17-11-19(25-2)20(12-18(17)23)26-13-15-3-5-16(22)6-4-15/h3-6,11-12,14H,7-10,13H2,1-2H3. The highest BCUT2D eigenvalue weighted by Crippen LogP contribution is 2.35. The summed E-state index contributed by atoms with van der Waals surface area (Å²) < 4.78 is 13.6. The number of piperidine rings is 1. The number of thiocarbonyl (C=S) groups is 1. The summed E-state index contributed by atoms with van der Waals surface area (Å²) in [6.07, 6.45) is 2.37. The molecule has 144 valence electrons. The van der Waals surface area contributed by atoms with Gasteiger partial charge in [-0.15, -0.1) is 0 Å². The van der Waals surface area contributed by atoms with Crippen LogP contribution in [0.4, 0.5) is 0 Å². The molecule has 0 unspecified atom stereocenters. The summed E-state index contributed by atoms with van der Waals surface area (Å²) >= 11 is 12.9. The van der Waals surface area contributed by atoms with E-state index in [4.69, 9.17) is 21.7 Å². The minimum atomic E-state index is 0.476. The van der Waals surface area contributed by atoms with E-state index in [0.29, 0.717) is 18.1 Å². The lowest BCUT2D eigenvalue weighted by Crippen LogP contribution is -2.37. The predicted octanol–water partition coefficient (Wildman–Crippen LogP) is 6.21. The molecule has 27 heavy (non-hydrogen) atoms. The van der Waals surface area contributed by atoms with E-state index in [2.05, 4.69) is 43.7 Å². The lowest BCUT2D eigenvalue weighted by Gasteiger charge is -2.32. The van der Waals surface area contributed by atoms with E-state index in [9.17, 15) is 0 Å². The van der Waals surface area contributed by atoms with Crippen LogP contribution in [0.3, 0.4) is 0 Å². The fraction of sp³-hybridized carbons (Fsp3) is 0.381. The van der Waals surface area contributed by atoms with E-state index in [1.807, 2.05) is 36.4 Å². The Kier molecular flexibility index (Phi) is 7.17. The lowest BCUT2D eigenvalue weighted by molar-refractivity contribution is 0.282. The zero-order valence-corrected chi connectivity index (χ0v) is 19.5. The molecule has 0 aromatic heterocycles. The second-order valence-corrected chi connectivity index (χ2v) is 9.03. The van der Waals surface area contributed by atoms with Gasteiger partial charge in [-0.2, -0.15) is 0 Å². The van der Waals surface area contributed by atoms with Crippen molar-refractivity contribution in [2.45, 2.75) is 26.4 Å². The first-order valence-corrected chi connectivity index (χ1v) is 11.0. The number of ether oxygens (including phenoxy) is 2. The minimum absolute atomic E-state index is 0.476. The molecule has 1 fully saturated rings. The molecule has 2 aromatic carbocycles. The maximum Gasteiger partial charge on any atom is 0.162 e. The van der Waals surface area contributed by atoms with Crippen molar-refractivity contribution in [2.75, 3.05) is 20.2 Å². The number of benzene rings is 2. The smallest absolute Gasteiger partial charge is 0.162 e. The van der Waals surface area contributed by atoms with Crippen LogP contribution >= 0.6 is 44.1 Å². The molecule has 0 saturated carbocycles. The molecule has 0 amide bonds. The van der Waals surface area contributed by atoms with Gasteiger partial charge in [-0.25, -0.2) is 0 Å². The van der Waals surface area contributed by atoms with Gasteiger partial charge in [0.15, 0.2) is 11.5 Å². The molecule has 0 atom stereocenters. The van der Waals surface area contributed by atoms with Gasteiger partial charge >= 0.3 is 0 Å². The van der Waals surface area contributed by atoms with E-state index in [1.54, 1.807) is 7.11 Å². The largest absolute Gasteiger partial charge is 0.493 e. The third kappa shape index (κ3) is 5.24. The number of rotatable bonds is 5. The normalized spacial score (nSPS) is 14.9. The van der Waals surface area contributed by atoms with Crippen LogP contribution in [0.15, 0.2) is 45.3 Å². The third-order valence-corrected chi connectivity index (χ3v) is 6.53. The minimum Gasteiger partial charge on any atom is -0.493 e. The zero-order valence-electron chi connectivity index (χ0n) is 15.5. The van der Waals surface area contributed by atoms with Crippen LogP contribution in [-0.2, 0) is 6.61 Å². The zero-order chi connectivity index (χ0) is 19.4. The van der Waals surface area contributed by atoms with Crippen molar-refractivity contribution in [3.63, 3.8) is 0 Å². The number of halogens is 2. The quantitative estimate of drug-likeness (QED) is 0.444. The maximum absolute atomic E-state index is 6.00. The van der Waals surface area contributed by atoms with Crippen molar-refractivity contribution in [2.24, 2.45) is 5.92 Å². The highest BCUT2D eigenvalue weighted by atomic mass is 79.9. The van der Waals surface area contributed by atoms with Gasteiger partial charge < -0.3 is 14.4 Å². The number of hydrogen-bond donors (Lipinski definition) is 0. The molecule has 1 heterocycles. The van der Waals surface area contributed by atoms with Crippen molar-refractivity contribution >= 4 is 49.1 Å². The van der Waals surface area contributed by atoms with Gasteiger partial charge in [-0.1, -0.05) is 47.2 Å². The van der Waals surface area contributed by atoms with Crippen molar-refractivity contribution in [3.8, 4) is 11.5 Å².